The number of unbranched alkanes of at least 4 members (excludes halogenated alkanes) is 1. The average Bonchev–Trinajstić information content (AvgIpc) is 2.49. The van der Waals surface area contributed by atoms with Gasteiger partial charge in [0.05, 0.1) is 4.90 Å². The number of carbonyl (C=O) groups excluding carboxylic acids is 1. The van der Waals surface area contributed by atoms with E-state index in [1.807, 2.05) is 20.8 Å². The number of carbonyl (C=O) groups is 1. The molecule has 0 aliphatic carbocycles. The van der Waals surface area contributed by atoms with E-state index in [0.29, 0.717) is 6.54 Å². The number of nitrogens with one attached hydrogen (secondary N) is 1. The van der Waals surface area contributed by atoms with Crippen LogP contribution in [0.1, 0.15) is 39.2 Å². The van der Waals surface area contributed by atoms with Gasteiger partial charge in [0.1, 0.15) is 6.04 Å². The monoisotopic (exact) mass is 340 g/mol. The molecule has 1 unspecified atom stereocenters. The SMILES string of the molecule is CCCCN(C)C(=O)C(NS(=O)(=O)c1ccc(C)cc1)C(C)C. The summed E-state index contributed by atoms with van der Waals surface area (Å²) in [5, 5.41) is 0. The minimum absolute atomic E-state index is 0.133. The van der Waals surface area contributed by atoms with E-state index in [-0.39, 0.29) is 16.7 Å². The van der Waals surface area contributed by atoms with Gasteiger partial charge in [-0.2, -0.15) is 4.72 Å². The summed E-state index contributed by atoms with van der Waals surface area (Å²) < 4.78 is 27.6. The second-order valence-corrected chi connectivity index (χ2v) is 7.98. The Labute approximate surface area is 140 Å². The van der Waals surface area contributed by atoms with Gasteiger partial charge >= 0.3 is 0 Å². The van der Waals surface area contributed by atoms with E-state index >= 15 is 0 Å². The second-order valence-electron chi connectivity index (χ2n) is 6.27. The Morgan fingerprint density at radius 1 is 1.22 bits per heavy atom. The lowest BCUT2D eigenvalue weighted by Gasteiger charge is -2.27. The number of benzene rings is 1. The maximum atomic E-state index is 12.6. The molecule has 1 amide bonds. The van der Waals surface area contributed by atoms with Crippen LogP contribution in [-0.4, -0.2) is 38.9 Å². The quantitative estimate of drug-likeness (QED) is 0.791. The Hall–Kier alpha value is -1.40. The molecule has 1 rings (SSSR count). The molecule has 5 nitrogen and oxygen atoms in total. The van der Waals surface area contributed by atoms with Gasteiger partial charge in [-0.05, 0) is 31.4 Å². The molecule has 1 aromatic carbocycles. The van der Waals surface area contributed by atoms with Crippen molar-refractivity contribution in [3.05, 3.63) is 29.8 Å². The van der Waals surface area contributed by atoms with E-state index in [1.165, 1.54) is 0 Å². The topological polar surface area (TPSA) is 66.5 Å². The van der Waals surface area contributed by atoms with Crippen LogP contribution in [-0.2, 0) is 14.8 Å². The minimum Gasteiger partial charge on any atom is -0.344 e. The summed E-state index contributed by atoms with van der Waals surface area (Å²) in [5.74, 6) is -0.323. The molecular formula is C17H28N2O3S. The first kappa shape index (κ1) is 19.6. The number of nitrogens with zero attached hydrogens (tertiary/aromatic N) is 1. The molecule has 0 heterocycles. The van der Waals surface area contributed by atoms with Crippen LogP contribution in [0.25, 0.3) is 0 Å². The first-order chi connectivity index (χ1) is 10.7. The second kappa shape index (κ2) is 8.45. The van der Waals surface area contributed by atoms with Crippen LogP contribution in [0, 0.1) is 12.8 Å². The summed E-state index contributed by atoms with van der Waals surface area (Å²) in [6.07, 6.45) is 1.89. The van der Waals surface area contributed by atoms with Crippen LogP contribution < -0.4 is 4.72 Å². The average molecular weight is 340 g/mol. The van der Waals surface area contributed by atoms with Gasteiger partial charge in [0.15, 0.2) is 0 Å². The van der Waals surface area contributed by atoms with Gasteiger partial charge < -0.3 is 4.90 Å². The lowest BCUT2D eigenvalue weighted by molar-refractivity contribution is -0.132. The molecule has 23 heavy (non-hydrogen) atoms. The molecule has 0 saturated carbocycles. The zero-order valence-electron chi connectivity index (χ0n) is 14.7. The highest BCUT2D eigenvalue weighted by Crippen LogP contribution is 2.14. The van der Waals surface area contributed by atoms with Crippen molar-refractivity contribution < 1.29 is 13.2 Å². The summed E-state index contributed by atoms with van der Waals surface area (Å²) >= 11 is 0. The van der Waals surface area contributed by atoms with E-state index in [2.05, 4.69) is 11.6 Å². The molecule has 0 aliphatic heterocycles. The molecule has 1 aromatic rings. The molecule has 0 fully saturated rings. The Balaban J connectivity index is 2.94. The van der Waals surface area contributed by atoms with Crippen molar-refractivity contribution in [3.8, 4) is 0 Å². The molecular weight excluding hydrogens is 312 g/mol. The fraction of sp³-hybridized carbons (Fsp3) is 0.588. The predicted octanol–water partition coefficient (Wildman–Crippen LogP) is 2.56. The Bertz CT molecular complexity index is 609. The number of amides is 1. The number of hydrogen-bond acceptors (Lipinski definition) is 3. The van der Waals surface area contributed by atoms with Crippen molar-refractivity contribution in [2.24, 2.45) is 5.92 Å². The van der Waals surface area contributed by atoms with E-state index < -0.39 is 16.1 Å². The Morgan fingerprint density at radius 3 is 2.26 bits per heavy atom. The van der Waals surface area contributed by atoms with Gasteiger partial charge in [-0.3, -0.25) is 4.79 Å². The van der Waals surface area contributed by atoms with E-state index in [0.717, 1.165) is 18.4 Å². The van der Waals surface area contributed by atoms with Crippen LogP contribution in [0.2, 0.25) is 0 Å². The molecule has 130 valence electrons. The highest BCUT2D eigenvalue weighted by atomic mass is 32.2. The molecule has 1 N–H and O–H groups in total. The van der Waals surface area contributed by atoms with Crippen molar-refractivity contribution in [1.29, 1.82) is 0 Å². The molecule has 0 bridgehead atoms. The molecule has 0 aromatic heterocycles. The smallest absolute Gasteiger partial charge is 0.241 e. The first-order valence-corrected chi connectivity index (χ1v) is 9.51. The fourth-order valence-corrected chi connectivity index (χ4v) is 3.50. The summed E-state index contributed by atoms with van der Waals surface area (Å²) in [5.41, 5.74) is 0.986. The number of likely N-dealkylation sites (N-methyl/N-ethyl adjacent to an activating group) is 1. The Morgan fingerprint density at radius 2 is 1.78 bits per heavy atom. The first-order valence-electron chi connectivity index (χ1n) is 8.03. The van der Waals surface area contributed by atoms with Crippen LogP contribution in [0.15, 0.2) is 29.2 Å². The molecule has 6 heteroatoms. The lowest BCUT2D eigenvalue weighted by atomic mass is 10.0. The highest BCUT2D eigenvalue weighted by Gasteiger charge is 2.30. The Kier molecular flexibility index (Phi) is 7.22. The maximum absolute atomic E-state index is 12.6. The number of rotatable bonds is 8. The number of sulfonamides is 1. The van der Waals surface area contributed by atoms with Gasteiger partial charge in [0.2, 0.25) is 15.9 Å². The third kappa shape index (κ3) is 5.62. The highest BCUT2D eigenvalue weighted by molar-refractivity contribution is 7.89. The molecule has 0 saturated heterocycles. The van der Waals surface area contributed by atoms with E-state index in [4.69, 9.17) is 0 Å². The van der Waals surface area contributed by atoms with Crippen molar-refractivity contribution in [2.45, 2.75) is 51.5 Å². The summed E-state index contributed by atoms with van der Waals surface area (Å²) in [4.78, 5) is 14.3. The van der Waals surface area contributed by atoms with Crippen molar-refractivity contribution >= 4 is 15.9 Å². The van der Waals surface area contributed by atoms with Gasteiger partial charge in [-0.15, -0.1) is 0 Å². The third-order valence-electron chi connectivity index (χ3n) is 3.77. The zero-order chi connectivity index (χ0) is 17.6. The largest absolute Gasteiger partial charge is 0.344 e. The van der Waals surface area contributed by atoms with Gasteiger partial charge in [-0.1, -0.05) is 44.9 Å². The molecule has 0 spiro atoms. The van der Waals surface area contributed by atoms with Crippen LogP contribution >= 0.6 is 0 Å². The van der Waals surface area contributed by atoms with E-state index in [1.54, 1.807) is 36.2 Å². The van der Waals surface area contributed by atoms with Gasteiger partial charge in [0, 0.05) is 13.6 Å². The van der Waals surface area contributed by atoms with Gasteiger partial charge in [0.25, 0.3) is 0 Å². The minimum atomic E-state index is -3.72. The molecule has 0 aliphatic rings. The van der Waals surface area contributed by atoms with Crippen LogP contribution in [0.3, 0.4) is 0 Å². The molecule has 1 atom stereocenters. The fourth-order valence-electron chi connectivity index (χ4n) is 2.17. The normalized spacial score (nSPS) is 13.1. The summed E-state index contributed by atoms with van der Waals surface area (Å²) in [7, 11) is -2.00. The van der Waals surface area contributed by atoms with Crippen molar-refractivity contribution in [3.63, 3.8) is 0 Å². The standard InChI is InChI=1S/C17H28N2O3S/c1-6-7-12-19(5)17(20)16(13(2)3)18-23(21,22)15-10-8-14(4)9-11-15/h8-11,13,16,18H,6-7,12H2,1-5H3. The zero-order valence-corrected chi connectivity index (χ0v) is 15.5. The van der Waals surface area contributed by atoms with Crippen molar-refractivity contribution in [1.82, 2.24) is 9.62 Å². The predicted molar refractivity (Wildman–Crippen MR) is 92.7 cm³/mol. The van der Waals surface area contributed by atoms with Crippen molar-refractivity contribution in [2.75, 3.05) is 13.6 Å². The number of hydrogen-bond donors (Lipinski definition) is 1. The summed E-state index contributed by atoms with van der Waals surface area (Å²) in [6.45, 7) is 8.26. The van der Waals surface area contributed by atoms with Crippen LogP contribution in [0.4, 0.5) is 0 Å². The molecule has 0 radical (unpaired) electrons. The van der Waals surface area contributed by atoms with Gasteiger partial charge in [-0.25, -0.2) is 8.42 Å². The summed E-state index contributed by atoms with van der Waals surface area (Å²) in [6, 6.07) is 5.84. The maximum Gasteiger partial charge on any atom is 0.241 e. The number of aryl methyl sites for hydroxylation is 1. The lowest BCUT2D eigenvalue weighted by Crippen LogP contribution is -2.50. The van der Waals surface area contributed by atoms with Crippen LogP contribution in [0.5, 0.6) is 0 Å². The van der Waals surface area contributed by atoms with E-state index in [9.17, 15) is 13.2 Å². The third-order valence-corrected chi connectivity index (χ3v) is 5.23.